The summed E-state index contributed by atoms with van der Waals surface area (Å²) in [5.41, 5.74) is 4.40. The average molecular weight is 352 g/mol. The highest BCUT2D eigenvalue weighted by atomic mass is 16.1. The first-order valence-electron chi connectivity index (χ1n) is 9.49. The number of aromatic nitrogens is 2. The van der Waals surface area contributed by atoms with Crippen molar-refractivity contribution in [1.82, 2.24) is 9.97 Å². The number of nitrogens with zero attached hydrogens (tertiary/aromatic N) is 3. The Labute approximate surface area is 155 Å². The van der Waals surface area contributed by atoms with Gasteiger partial charge in [0.05, 0.1) is 0 Å². The Kier molecular flexibility index (Phi) is 5.55. The fraction of sp³-hybridized carbons (Fsp3) is 0.476. The molecule has 1 fully saturated rings. The lowest BCUT2D eigenvalue weighted by molar-refractivity contribution is 0.102. The van der Waals surface area contributed by atoms with Crippen molar-refractivity contribution in [1.29, 1.82) is 0 Å². The van der Waals surface area contributed by atoms with Crippen molar-refractivity contribution in [3.05, 3.63) is 46.8 Å². The van der Waals surface area contributed by atoms with Crippen LogP contribution in [0.15, 0.2) is 24.3 Å². The van der Waals surface area contributed by atoms with Gasteiger partial charge in [0.25, 0.3) is 5.91 Å². The second-order valence-corrected chi connectivity index (χ2v) is 7.20. The Bertz CT molecular complexity index is 803. The maximum atomic E-state index is 12.7. The molecule has 5 nitrogen and oxygen atoms in total. The maximum Gasteiger partial charge on any atom is 0.274 e. The zero-order valence-corrected chi connectivity index (χ0v) is 16.2. The molecule has 1 atom stereocenters. The first-order valence-corrected chi connectivity index (χ1v) is 9.49. The van der Waals surface area contributed by atoms with E-state index in [1.54, 1.807) is 6.07 Å². The number of amides is 1. The highest BCUT2D eigenvalue weighted by Crippen LogP contribution is 2.24. The summed E-state index contributed by atoms with van der Waals surface area (Å²) in [6, 6.07) is 8.14. The molecule has 5 heteroatoms. The van der Waals surface area contributed by atoms with Crippen LogP contribution in [0.1, 0.15) is 59.9 Å². The molecule has 26 heavy (non-hydrogen) atoms. The van der Waals surface area contributed by atoms with E-state index in [0.717, 1.165) is 42.8 Å². The molecule has 2 heterocycles. The number of carbonyl (C=O) groups is 1. The molecule has 0 aliphatic carbocycles. The summed E-state index contributed by atoms with van der Waals surface area (Å²) in [5, 5.41) is 2.96. The molecule has 0 radical (unpaired) electrons. The molecular weight excluding hydrogens is 324 g/mol. The van der Waals surface area contributed by atoms with Gasteiger partial charge in [-0.2, -0.15) is 0 Å². The molecule has 1 aromatic carbocycles. The molecule has 3 rings (SSSR count). The number of hydrogen-bond donors (Lipinski definition) is 1. The largest absolute Gasteiger partial charge is 0.338 e. The van der Waals surface area contributed by atoms with Gasteiger partial charge in [0.15, 0.2) is 0 Å². The number of aryl methyl sites for hydroxylation is 3. The second kappa shape index (κ2) is 7.85. The third-order valence-corrected chi connectivity index (χ3v) is 5.20. The third kappa shape index (κ3) is 4.03. The molecule has 1 aliphatic rings. The Morgan fingerprint density at radius 1 is 1.15 bits per heavy atom. The molecule has 2 aromatic rings. The van der Waals surface area contributed by atoms with E-state index in [1.807, 2.05) is 32.0 Å². The normalized spacial score (nSPS) is 17.2. The molecule has 1 saturated heterocycles. The molecule has 0 bridgehead atoms. The number of hydrogen-bond acceptors (Lipinski definition) is 4. The van der Waals surface area contributed by atoms with E-state index >= 15 is 0 Å². The lowest BCUT2D eigenvalue weighted by Gasteiger charge is -2.35. The minimum Gasteiger partial charge on any atom is -0.338 e. The molecule has 0 spiro atoms. The Balaban J connectivity index is 1.84. The molecular formula is C21H28N4O. The van der Waals surface area contributed by atoms with Crippen molar-refractivity contribution in [2.24, 2.45) is 0 Å². The van der Waals surface area contributed by atoms with Crippen LogP contribution in [0.25, 0.3) is 0 Å². The van der Waals surface area contributed by atoms with E-state index < -0.39 is 0 Å². The van der Waals surface area contributed by atoms with E-state index in [2.05, 4.69) is 34.0 Å². The molecule has 1 N–H and O–H groups in total. The van der Waals surface area contributed by atoms with Crippen molar-refractivity contribution in [3.8, 4) is 0 Å². The Morgan fingerprint density at radius 3 is 2.69 bits per heavy atom. The Morgan fingerprint density at radius 2 is 1.96 bits per heavy atom. The van der Waals surface area contributed by atoms with Crippen molar-refractivity contribution < 1.29 is 4.79 Å². The minimum atomic E-state index is -0.190. The van der Waals surface area contributed by atoms with E-state index in [9.17, 15) is 4.79 Å². The zero-order chi connectivity index (χ0) is 18.7. The first kappa shape index (κ1) is 18.4. The minimum absolute atomic E-state index is 0.190. The van der Waals surface area contributed by atoms with Gasteiger partial charge in [-0.3, -0.25) is 4.79 Å². The van der Waals surface area contributed by atoms with Crippen molar-refractivity contribution >= 4 is 17.5 Å². The van der Waals surface area contributed by atoms with Crippen LogP contribution in [0.3, 0.4) is 0 Å². The lowest BCUT2D eigenvalue weighted by Crippen LogP contribution is -2.40. The quantitative estimate of drug-likeness (QED) is 0.885. The third-order valence-electron chi connectivity index (χ3n) is 5.20. The predicted molar refractivity (Wildman–Crippen MR) is 106 cm³/mol. The summed E-state index contributed by atoms with van der Waals surface area (Å²) < 4.78 is 0. The zero-order valence-electron chi connectivity index (χ0n) is 16.2. The van der Waals surface area contributed by atoms with Gasteiger partial charge in [0.2, 0.25) is 5.95 Å². The fourth-order valence-electron chi connectivity index (χ4n) is 3.50. The molecule has 1 unspecified atom stereocenters. The molecule has 138 valence electrons. The lowest BCUT2D eigenvalue weighted by atomic mass is 10.0. The van der Waals surface area contributed by atoms with Crippen molar-refractivity contribution in [2.45, 2.75) is 59.4 Å². The SMILES string of the molecule is CCC1CCCCN1c1nc(C)cc(C(=O)Nc2ccc(C)c(C)c2)n1. The number of benzene rings is 1. The van der Waals surface area contributed by atoms with Gasteiger partial charge in [-0.25, -0.2) is 9.97 Å². The summed E-state index contributed by atoms with van der Waals surface area (Å²) >= 11 is 0. The molecule has 1 amide bonds. The van der Waals surface area contributed by atoms with E-state index in [4.69, 9.17) is 0 Å². The van der Waals surface area contributed by atoms with Crippen molar-refractivity contribution in [2.75, 3.05) is 16.8 Å². The smallest absolute Gasteiger partial charge is 0.274 e. The van der Waals surface area contributed by atoms with Gasteiger partial charge in [-0.05, 0) is 75.8 Å². The number of piperidine rings is 1. The Hall–Kier alpha value is -2.43. The summed E-state index contributed by atoms with van der Waals surface area (Å²) in [6.07, 6.45) is 4.64. The number of rotatable bonds is 4. The van der Waals surface area contributed by atoms with Crippen LogP contribution in [0.5, 0.6) is 0 Å². The predicted octanol–water partition coefficient (Wildman–Crippen LogP) is 4.42. The maximum absolute atomic E-state index is 12.7. The molecule has 1 aromatic heterocycles. The summed E-state index contributed by atoms with van der Waals surface area (Å²) in [4.78, 5) is 24.2. The van der Waals surface area contributed by atoms with Crippen LogP contribution in [0.4, 0.5) is 11.6 Å². The highest BCUT2D eigenvalue weighted by molar-refractivity contribution is 6.03. The van der Waals surface area contributed by atoms with Gasteiger partial charge in [-0.1, -0.05) is 13.0 Å². The van der Waals surface area contributed by atoms with Crippen LogP contribution in [-0.4, -0.2) is 28.5 Å². The molecule has 1 aliphatic heterocycles. The number of anilines is 2. The monoisotopic (exact) mass is 352 g/mol. The second-order valence-electron chi connectivity index (χ2n) is 7.20. The van der Waals surface area contributed by atoms with Crippen molar-refractivity contribution in [3.63, 3.8) is 0 Å². The summed E-state index contributed by atoms with van der Waals surface area (Å²) in [5.74, 6) is 0.492. The van der Waals surface area contributed by atoms with Gasteiger partial charge in [0.1, 0.15) is 5.69 Å². The van der Waals surface area contributed by atoms with Crippen LogP contribution in [0.2, 0.25) is 0 Å². The van der Waals surface area contributed by atoms with Crippen LogP contribution in [0, 0.1) is 20.8 Å². The standard InChI is InChI=1S/C21H28N4O/c1-5-18-8-6-7-11-25(18)21-22-16(4)13-19(24-21)20(26)23-17-10-9-14(2)15(3)12-17/h9-10,12-13,18H,5-8,11H2,1-4H3,(H,23,26). The van der Waals surface area contributed by atoms with E-state index in [-0.39, 0.29) is 5.91 Å². The number of carbonyl (C=O) groups excluding carboxylic acids is 1. The summed E-state index contributed by atoms with van der Waals surface area (Å²) in [6.45, 7) is 9.18. The summed E-state index contributed by atoms with van der Waals surface area (Å²) in [7, 11) is 0. The number of nitrogens with one attached hydrogen (secondary N) is 1. The van der Waals surface area contributed by atoms with Gasteiger partial charge < -0.3 is 10.2 Å². The first-order chi connectivity index (χ1) is 12.5. The topological polar surface area (TPSA) is 58.1 Å². The van der Waals surface area contributed by atoms with E-state index in [0.29, 0.717) is 17.7 Å². The van der Waals surface area contributed by atoms with Crippen LogP contribution in [-0.2, 0) is 0 Å². The van der Waals surface area contributed by atoms with Gasteiger partial charge in [-0.15, -0.1) is 0 Å². The van der Waals surface area contributed by atoms with Gasteiger partial charge in [0, 0.05) is 24.0 Å². The van der Waals surface area contributed by atoms with Crippen LogP contribution < -0.4 is 10.2 Å². The average Bonchev–Trinajstić information content (AvgIpc) is 2.64. The van der Waals surface area contributed by atoms with Crippen LogP contribution >= 0.6 is 0 Å². The van der Waals surface area contributed by atoms with Gasteiger partial charge >= 0.3 is 0 Å². The highest BCUT2D eigenvalue weighted by Gasteiger charge is 2.24. The fourth-order valence-corrected chi connectivity index (χ4v) is 3.50. The molecule has 0 saturated carbocycles. The van der Waals surface area contributed by atoms with E-state index in [1.165, 1.54) is 12.0 Å².